The molecule has 0 aromatic carbocycles. The molecule has 1 rings (SSSR count). The van der Waals surface area contributed by atoms with Gasteiger partial charge in [0.05, 0.1) is 0 Å². The van der Waals surface area contributed by atoms with Gasteiger partial charge in [0.2, 0.25) is 0 Å². The Hall–Kier alpha value is -0.260. The maximum atomic E-state index is 3.99. The fourth-order valence-corrected chi connectivity index (χ4v) is 3.81. The molecule has 0 nitrogen and oxygen atoms in total. The highest BCUT2D eigenvalue weighted by Gasteiger charge is 2.43. The van der Waals surface area contributed by atoms with Crippen LogP contribution in [0.2, 0.25) is 0 Å². The predicted molar refractivity (Wildman–Crippen MR) is 59.7 cm³/mol. The smallest absolute Gasteiger partial charge is 0.0139 e. The van der Waals surface area contributed by atoms with E-state index >= 15 is 0 Å². The number of hydrogen-bond acceptors (Lipinski definition) is 0. The first-order chi connectivity index (χ1) is 5.68. The van der Waals surface area contributed by atoms with Gasteiger partial charge in [-0.05, 0) is 35.5 Å². The standard InChI is InChI=1S/C13H24/c1-7-13(6)9-11(2,3)8-12(4,5)10-13/h7H,1,8-10H2,2-6H3. The number of allylic oxidation sites excluding steroid dienone is 1. The van der Waals surface area contributed by atoms with Crippen molar-refractivity contribution in [3.05, 3.63) is 12.7 Å². The Morgan fingerprint density at radius 3 is 1.54 bits per heavy atom. The molecular formula is C13H24. The van der Waals surface area contributed by atoms with Gasteiger partial charge in [-0.3, -0.25) is 0 Å². The van der Waals surface area contributed by atoms with Crippen molar-refractivity contribution in [1.29, 1.82) is 0 Å². The largest absolute Gasteiger partial charge is 0.103 e. The molecule has 1 fully saturated rings. The summed E-state index contributed by atoms with van der Waals surface area (Å²) in [4.78, 5) is 0. The lowest BCUT2D eigenvalue weighted by molar-refractivity contribution is 0.0369. The lowest BCUT2D eigenvalue weighted by Gasteiger charge is -2.49. The quantitative estimate of drug-likeness (QED) is 0.524. The van der Waals surface area contributed by atoms with Crippen LogP contribution in [0.15, 0.2) is 12.7 Å². The van der Waals surface area contributed by atoms with Crippen molar-refractivity contribution in [1.82, 2.24) is 0 Å². The summed E-state index contributed by atoms with van der Waals surface area (Å²) < 4.78 is 0. The Morgan fingerprint density at radius 2 is 1.23 bits per heavy atom. The van der Waals surface area contributed by atoms with Gasteiger partial charge in [-0.1, -0.05) is 40.7 Å². The van der Waals surface area contributed by atoms with Gasteiger partial charge in [0.25, 0.3) is 0 Å². The minimum Gasteiger partial charge on any atom is -0.103 e. The lowest BCUT2D eigenvalue weighted by atomic mass is 9.56. The van der Waals surface area contributed by atoms with E-state index in [1.807, 2.05) is 0 Å². The first-order valence-electron chi connectivity index (χ1n) is 5.32. The van der Waals surface area contributed by atoms with Gasteiger partial charge in [0.15, 0.2) is 0 Å². The van der Waals surface area contributed by atoms with Gasteiger partial charge in [0.1, 0.15) is 0 Å². The van der Waals surface area contributed by atoms with E-state index in [1.165, 1.54) is 19.3 Å². The molecule has 0 aromatic heterocycles. The molecule has 0 spiro atoms. The van der Waals surface area contributed by atoms with Crippen molar-refractivity contribution in [2.75, 3.05) is 0 Å². The first-order valence-corrected chi connectivity index (χ1v) is 5.32. The van der Waals surface area contributed by atoms with Gasteiger partial charge in [-0.15, -0.1) is 6.58 Å². The van der Waals surface area contributed by atoms with E-state index in [4.69, 9.17) is 0 Å². The van der Waals surface area contributed by atoms with Crippen molar-refractivity contribution in [3.63, 3.8) is 0 Å². The van der Waals surface area contributed by atoms with E-state index in [0.717, 1.165) is 0 Å². The summed E-state index contributed by atoms with van der Waals surface area (Å²) in [5, 5.41) is 0. The highest BCUT2D eigenvalue weighted by atomic mass is 14.5. The average molecular weight is 180 g/mol. The topological polar surface area (TPSA) is 0 Å². The lowest BCUT2D eigenvalue weighted by Crippen LogP contribution is -2.38. The minimum absolute atomic E-state index is 0.352. The van der Waals surface area contributed by atoms with E-state index in [2.05, 4.69) is 47.3 Å². The van der Waals surface area contributed by atoms with Crippen LogP contribution in [0.25, 0.3) is 0 Å². The molecule has 0 aliphatic heterocycles. The summed E-state index contributed by atoms with van der Waals surface area (Å²) in [5.41, 5.74) is 1.31. The van der Waals surface area contributed by atoms with Gasteiger partial charge in [-0.25, -0.2) is 0 Å². The van der Waals surface area contributed by atoms with Crippen molar-refractivity contribution in [2.45, 2.75) is 53.9 Å². The summed E-state index contributed by atoms with van der Waals surface area (Å²) in [6.45, 7) is 15.9. The fourth-order valence-electron chi connectivity index (χ4n) is 3.81. The highest BCUT2D eigenvalue weighted by Crippen LogP contribution is 2.54. The Kier molecular flexibility index (Phi) is 2.38. The van der Waals surface area contributed by atoms with Gasteiger partial charge < -0.3 is 0 Å². The molecule has 0 atom stereocenters. The van der Waals surface area contributed by atoms with Crippen LogP contribution in [-0.2, 0) is 0 Å². The van der Waals surface area contributed by atoms with Crippen LogP contribution in [0.1, 0.15) is 53.9 Å². The van der Waals surface area contributed by atoms with E-state index in [1.54, 1.807) is 0 Å². The molecule has 0 bridgehead atoms. The van der Waals surface area contributed by atoms with Gasteiger partial charge >= 0.3 is 0 Å². The summed E-state index contributed by atoms with van der Waals surface area (Å²) >= 11 is 0. The molecule has 76 valence electrons. The molecule has 0 heterocycles. The van der Waals surface area contributed by atoms with Crippen LogP contribution in [-0.4, -0.2) is 0 Å². The van der Waals surface area contributed by atoms with Crippen LogP contribution in [0.4, 0.5) is 0 Å². The Bertz CT molecular complexity index is 192. The van der Waals surface area contributed by atoms with Gasteiger partial charge in [0, 0.05) is 0 Å². The van der Waals surface area contributed by atoms with Crippen molar-refractivity contribution in [3.8, 4) is 0 Å². The van der Waals surface area contributed by atoms with Crippen molar-refractivity contribution >= 4 is 0 Å². The van der Waals surface area contributed by atoms with Crippen molar-refractivity contribution < 1.29 is 0 Å². The summed E-state index contributed by atoms with van der Waals surface area (Å²) in [6.07, 6.45) is 6.07. The Morgan fingerprint density at radius 1 is 0.846 bits per heavy atom. The van der Waals surface area contributed by atoms with Crippen LogP contribution in [0.3, 0.4) is 0 Å². The molecular weight excluding hydrogens is 156 g/mol. The Labute approximate surface area is 83.4 Å². The average Bonchev–Trinajstić information content (AvgIpc) is 1.79. The highest BCUT2D eigenvalue weighted by molar-refractivity contribution is 5.02. The van der Waals surface area contributed by atoms with Crippen LogP contribution in [0, 0.1) is 16.2 Å². The third-order valence-corrected chi connectivity index (χ3v) is 3.21. The van der Waals surface area contributed by atoms with Crippen LogP contribution >= 0.6 is 0 Å². The van der Waals surface area contributed by atoms with Gasteiger partial charge in [-0.2, -0.15) is 0 Å². The fraction of sp³-hybridized carbons (Fsp3) is 0.846. The molecule has 1 saturated carbocycles. The zero-order valence-electron chi connectivity index (χ0n) is 9.91. The van der Waals surface area contributed by atoms with Crippen molar-refractivity contribution in [2.24, 2.45) is 16.2 Å². The molecule has 0 heteroatoms. The normalized spacial score (nSPS) is 29.6. The first kappa shape index (κ1) is 10.8. The summed E-state index contributed by atoms with van der Waals surface area (Å²) in [7, 11) is 0. The molecule has 0 unspecified atom stereocenters. The predicted octanol–water partition coefficient (Wildman–Crippen LogP) is 4.42. The zero-order chi connectivity index (χ0) is 10.3. The second kappa shape index (κ2) is 2.87. The van der Waals surface area contributed by atoms with E-state index < -0.39 is 0 Å². The molecule has 0 amide bonds. The molecule has 0 saturated heterocycles. The number of rotatable bonds is 1. The van der Waals surface area contributed by atoms with Crippen LogP contribution in [0.5, 0.6) is 0 Å². The molecule has 0 radical (unpaired) electrons. The number of hydrogen-bond donors (Lipinski definition) is 0. The van der Waals surface area contributed by atoms with E-state index in [9.17, 15) is 0 Å². The molecule has 1 aliphatic rings. The third-order valence-electron chi connectivity index (χ3n) is 3.21. The van der Waals surface area contributed by atoms with E-state index in [0.29, 0.717) is 16.2 Å². The molecule has 0 aromatic rings. The van der Waals surface area contributed by atoms with Crippen LogP contribution < -0.4 is 0 Å². The minimum atomic E-state index is 0.352. The Balaban J connectivity index is 2.90. The summed E-state index contributed by atoms with van der Waals surface area (Å²) in [6, 6.07) is 0. The molecule has 13 heavy (non-hydrogen) atoms. The molecule has 0 N–H and O–H groups in total. The third kappa shape index (κ3) is 2.59. The second-order valence-corrected chi connectivity index (χ2v) is 6.72. The van der Waals surface area contributed by atoms with E-state index in [-0.39, 0.29) is 0 Å². The second-order valence-electron chi connectivity index (χ2n) is 6.72. The molecule has 1 aliphatic carbocycles. The monoisotopic (exact) mass is 180 g/mol. The summed E-state index contributed by atoms with van der Waals surface area (Å²) in [5.74, 6) is 0. The maximum Gasteiger partial charge on any atom is -0.0139 e. The maximum absolute atomic E-state index is 3.99. The SMILES string of the molecule is C=CC1(C)CC(C)(C)CC(C)(C)C1. The zero-order valence-corrected chi connectivity index (χ0v) is 9.91.